The van der Waals surface area contributed by atoms with Gasteiger partial charge in [0.2, 0.25) is 5.91 Å². The van der Waals surface area contributed by atoms with E-state index in [1.54, 1.807) is 6.92 Å². The number of aliphatic hydroxyl groups excluding tert-OH is 2. The lowest BCUT2D eigenvalue weighted by molar-refractivity contribution is -0.132. The van der Waals surface area contributed by atoms with Gasteiger partial charge in [0.25, 0.3) is 0 Å². The van der Waals surface area contributed by atoms with Crippen molar-refractivity contribution in [2.45, 2.75) is 19.1 Å². The van der Waals surface area contributed by atoms with Crippen LogP contribution < -0.4 is 11.5 Å². The zero-order valence-electron chi connectivity index (χ0n) is 8.21. The number of nitrogen functional groups attached to an aromatic ring is 1. The summed E-state index contributed by atoms with van der Waals surface area (Å²) in [6, 6.07) is 1.44. The number of rotatable bonds is 3. The van der Waals surface area contributed by atoms with Crippen molar-refractivity contribution in [2.75, 3.05) is 5.73 Å². The minimum absolute atomic E-state index is 0.293. The Bertz CT molecular complexity index is 381. The Morgan fingerprint density at radius 2 is 2.13 bits per heavy atom. The predicted molar refractivity (Wildman–Crippen MR) is 53.5 cm³/mol. The lowest BCUT2D eigenvalue weighted by atomic mass is 10.0. The number of primary amides is 1. The number of carbonyl (C=O) groups excluding carboxylic acids is 1. The maximum absolute atomic E-state index is 10.7. The second-order valence-electron chi connectivity index (χ2n) is 3.24. The fraction of sp³-hybridized carbons (Fsp3) is 0.333. The van der Waals surface area contributed by atoms with E-state index in [4.69, 9.17) is 11.5 Å². The Kier molecular flexibility index (Phi) is 3.23. The first kappa shape index (κ1) is 11.4. The van der Waals surface area contributed by atoms with Gasteiger partial charge in [-0.2, -0.15) is 0 Å². The van der Waals surface area contributed by atoms with Gasteiger partial charge in [0.1, 0.15) is 6.10 Å². The fourth-order valence-corrected chi connectivity index (χ4v) is 1.19. The van der Waals surface area contributed by atoms with E-state index in [-0.39, 0.29) is 0 Å². The summed E-state index contributed by atoms with van der Waals surface area (Å²) in [6.45, 7) is 1.63. The molecule has 1 aromatic heterocycles. The lowest BCUT2D eigenvalue weighted by Crippen LogP contribution is -2.34. The Labute approximate surface area is 86.5 Å². The third-order valence-electron chi connectivity index (χ3n) is 2.06. The van der Waals surface area contributed by atoms with Gasteiger partial charge in [-0.3, -0.25) is 9.78 Å². The molecule has 0 aliphatic heterocycles. The highest BCUT2D eigenvalue weighted by Crippen LogP contribution is 2.21. The molecule has 1 aromatic rings. The Morgan fingerprint density at radius 1 is 1.53 bits per heavy atom. The highest BCUT2D eigenvalue weighted by atomic mass is 16.3. The van der Waals surface area contributed by atoms with Crippen molar-refractivity contribution in [1.82, 2.24) is 4.98 Å². The van der Waals surface area contributed by atoms with Gasteiger partial charge in [-0.25, -0.2) is 0 Å². The molecule has 1 rings (SSSR count). The van der Waals surface area contributed by atoms with Crippen LogP contribution in [0, 0.1) is 6.92 Å². The second kappa shape index (κ2) is 4.24. The zero-order valence-corrected chi connectivity index (χ0v) is 8.21. The largest absolute Gasteiger partial charge is 0.397 e. The van der Waals surface area contributed by atoms with Gasteiger partial charge < -0.3 is 21.7 Å². The highest BCUT2D eigenvalue weighted by molar-refractivity contribution is 5.79. The van der Waals surface area contributed by atoms with Crippen LogP contribution >= 0.6 is 0 Å². The second-order valence-corrected chi connectivity index (χ2v) is 3.24. The fourth-order valence-electron chi connectivity index (χ4n) is 1.19. The van der Waals surface area contributed by atoms with Crippen LogP contribution in [0.3, 0.4) is 0 Å². The molecule has 0 spiro atoms. The number of hydrogen-bond donors (Lipinski definition) is 4. The predicted octanol–water partition coefficient (Wildman–Crippen LogP) is -1.15. The monoisotopic (exact) mass is 211 g/mol. The number of aliphatic hydroxyl groups is 2. The van der Waals surface area contributed by atoms with Crippen LogP contribution in [0.1, 0.15) is 17.4 Å². The van der Waals surface area contributed by atoms with Gasteiger partial charge in [-0.1, -0.05) is 0 Å². The van der Waals surface area contributed by atoms with Crippen molar-refractivity contribution >= 4 is 11.6 Å². The number of amides is 1. The lowest BCUT2D eigenvalue weighted by Gasteiger charge is -2.16. The number of pyridine rings is 1. The van der Waals surface area contributed by atoms with Crippen LogP contribution in [-0.4, -0.2) is 27.2 Å². The van der Waals surface area contributed by atoms with E-state index in [0.29, 0.717) is 16.9 Å². The zero-order chi connectivity index (χ0) is 11.6. The SMILES string of the molecule is Cc1ncc(N)cc1C(O)C(O)C(N)=O. The summed E-state index contributed by atoms with van der Waals surface area (Å²) in [5.41, 5.74) is 11.4. The average Bonchev–Trinajstić information content (AvgIpc) is 2.19. The molecule has 1 amide bonds. The van der Waals surface area contributed by atoms with Gasteiger partial charge in [-0.05, 0) is 13.0 Å². The molecule has 82 valence electrons. The normalized spacial score (nSPS) is 14.6. The first-order valence-corrected chi connectivity index (χ1v) is 4.31. The van der Waals surface area contributed by atoms with E-state index in [1.807, 2.05) is 0 Å². The molecule has 0 bridgehead atoms. The van der Waals surface area contributed by atoms with Crippen molar-refractivity contribution in [3.63, 3.8) is 0 Å². The summed E-state index contributed by atoms with van der Waals surface area (Å²) in [5.74, 6) is -0.996. The standard InChI is InChI=1S/C9H13N3O3/c1-4-6(2-5(10)3-12-4)7(13)8(14)9(11)15/h2-3,7-8,13-14H,10H2,1H3,(H2,11,15). The number of nitrogens with zero attached hydrogens (tertiary/aromatic N) is 1. The summed E-state index contributed by atoms with van der Waals surface area (Å²) >= 11 is 0. The molecule has 6 N–H and O–H groups in total. The molecule has 0 aromatic carbocycles. The molecular formula is C9H13N3O3. The Morgan fingerprint density at radius 3 is 2.67 bits per heavy atom. The molecule has 0 fully saturated rings. The van der Waals surface area contributed by atoms with Gasteiger partial charge >= 0.3 is 0 Å². The number of aromatic nitrogens is 1. The van der Waals surface area contributed by atoms with Crippen LogP contribution in [0.2, 0.25) is 0 Å². The van der Waals surface area contributed by atoms with Gasteiger partial charge in [-0.15, -0.1) is 0 Å². The number of anilines is 1. The first-order valence-electron chi connectivity index (χ1n) is 4.31. The third kappa shape index (κ3) is 2.42. The van der Waals surface area contributed by atoms with E-state index < -0.39 is 18.1 Å². The van der Waals surface area contributed by atoms with Crippen molar-refractivity contribution in [2.24, 2.45) is 5.73 Å². The quantitative estimate of drug-likeness (QED) is 0.503. The van der Waals surface area contributed by atoms with E-state index in [1.165, 1.54) is 12.3 Å². The summed E-state index contributed by atoms with van der Waals surface area (Å²) in [4.78, 5) is 14.6. The summed E-state index contributed by atoms with van der Waals surface area (Å²) in [7, 11) is 0. The third-order valence-corrected chi connectivity index (χ3v) is 2.06. The van der Waals surface area contributed by atoms with Crippen molar-refractivity contribution in [1.29, 1.82) is 0 Å². The molecule has 1 heterocycles. The maximum Gasteiger partial charge on any atom is 0.249 e. The highest BCUT2D eigenvalue weighted by Gasteiger charge is 2.25. The molecule has 0 saturated heterocycles. The molecule has 0 saturated carbocycles. The van der Waals surface area contributed by atoms with E-state index in [0.717, 1.165) is 0 Å². The molecule has 0 aliphatic carbocycles. The number of carbonyl (C=O) groups is 1. The minimum atomic E-state index is -1.66. The van der Waals surface area contributed by atoms with E-state index in [2.05, 4.69) is 4.98 Å². The molecule has 0 radical (unpaired) electrons. The summed E-state index contributed by atoms with van der Waals surface area (Å²) < 4.78 is 0. The van der Waals surface area contributed by atoms with Crippen LogP contribution in [0.25, 0.3) is 0 Å². The molecule has 2 atom stereocenters. The smallest absolute Gasteiger partial charge is 0.249 e. The average molecular weight is 211 g/mol. The Balaban J connectivity index is 3.04. The molecule has 0 aliphatic rings. The van der Waals surface area contributed by atoms with Crippen molar-refractivity contribution in [3.8, 4) is 0 Å². The number of hydrogen-bond acceptors (Lipinski definition) is 5. The summed E-state index contributed by atoms with van der Waals surface area (Å²) in [6.07, 6.45) is -1.65. The first-order chi connectivity index (χ1) is 6.93. The van der Waals surface area contributed by atoms with Crippen molar-refractivity contribution < 1.29 is 15.0 Å². The van der Waals surface area contributed by atoms with E-state index >= 15 is 0 Å². The molecule has 6 nitrogen and oxygen atoms in total. The topological polar surface area (TPSA) is 122 Å². The number of nitrogens with two attached hydrogens (primary N) is 2. The van der Waals surface area contributed by atoms with Crippen LogP contribution in [-0.2, 0) is 4.79 Å². The summed E-state index contributed by atoms with van der Waals surface area (Å²) in [5, 5.41) is 18.9. The maximum atomic E-state index is 10.7. The van der Waals surface area contributed by atoms with Crippen molar-refractivity contribution in [3.05, 3.63) is 23.5 Å². The van der Waals surface area contributed by atoms with Crippen LogP contribution in [0.4, 0.5) is 5.69 Å². The molecule has 6 heteroatoms. The number of aryl methyl sites for hydroxylation is 1. The van der Waals surface area contributed by atoms with Crippen LogP contribution in [0.15, 0.2) is 12.3 Å². The van der Waals surface area contributed by atoms with Gasteiger partial charge in [0.05, 0.1) is 11.9 Å². The van der Waals surface area contributed by atoms with Gasteiger partial charge in [0, 0.05) is 11.3 Å². The van der Waals surface area contributed by atoms with Crippen LogP contribution in [0.5, 0.6) is 0 Å². The molecular weight excluding hydrogens is 198 g/mol. The van der Waals surface area contributed by atoms with Gasteiger partial charge in [0.15, 0.2) is 6.10 Å². The molecule has 15 heavy (non-hydrogen) atoms. The molecule has 2 unspecified atom stereocenters. The van der Waals surface area contributed by atoms with E-state index in [9.17, 15) is 15.0 Å². The minimum Gasteiger partial charge on any atom is -0.397 e. The Hall–Kier alpha value is -1.66.